The summed E-state index contributed by atoms with van der Waals surface area (Å²) in [6, 6.07) is 14.2. The summed E-state index contributed by atoms with van der Waals surface area (Å²) in [5.41, 5.74) is 2.97. The van der Waals surface area contributed by atoms with Crippen LogP contribution in [0.2, 0.25) is 0 Å². The predicted molar refractivity (Wildman–Crippen MR) is 112 cm³/mol. The molecule has 2 aromatic heterocycles. The third-order valence-electron chi connectivity index (χ3n) is 4.84. The summed E-state index contributed by atoms with van der Waals surface area (Å²) >= 11 is 3.04. The Hall–Kier alpha value is -2.48. The van der Waals surface area contributed by atoms with Crippen LogP contribution < -0.4 is 5.32 Å². The number of rotatable bonds is 5. The maximum atomic E-state index is 12.8. The van der Waals surface area contributed by atoms with Gasteiger partial charge in [0.1, 0.15) is 4.88 Å². The van der Waals surface area contributed by atoms with E-state index in [0.29, 0.717) is 10.6 Å². The molecule has 0 bridgehead atoms. The van der Waals surface area contributed by atoms with Gasteiger partial charge in [0.15, 0.2) is 0 Å². The van der Waals surface area contributed by atoms with Crippen molar-refractivity contribution in [3.63, 3.8) is 0 Å². The molecule has 144 valence electrons. The summed E-state index contributed by atoms with van der Waals surface area (Å²) in [7, 11) is 1.34. The smallest absolute Gasteiger partial charge is 0.350 e. The largest absolute Gasteiger partial charge is 0.465 e. The van der Waals surface area contributed by atoms with Crippen LogP contribution in [0.1, 0.15) is 31.7 Å². The van der Waals surface area contributed by atoms with E-state index in [2.05, 4.69) is 33.8 Å². The fraction of sp³-hybridized carbons (Fsp3) is 0.238. The van der Waals surface area contributed by atoms with E-state index in [0.717, 1.165) is 13.0 Å². The Kier molecular flexibility index (Phi) is 5.57. The minimum atomic E-state index is -0.437. The van der Waals surface area contributed by atoms with Crippen LogP contribution in [0.3, 0.4) is 0 Å². The van der Waals surface area contributed by atoms with Gasteiger partial charge in [0.25, 0.3) is 0 Å². The van der Waals surface area contributed by atoms with Crippen molar-refractivity contribution >= 4 is 40.2 Å². The summed E-state index contributed by atoms with van der Waals surface area (Å²) in [6.45, 7) is 1.07. The lowest BCUT2D eigenvalue weighted by atomic mass is 9.93. The molecule has 5 nitrogen and oxygen atoms in total. The summed E-state index contributed by atoms with van der Waals surface area (Å²) in [6.07, 6.45) is 0.940. The number of hydrogen-bond donors (Lipinski definition) is 1. The molecule has 28 heavy (non-hydrogen) atoms. The van der Waals surface area contributed by atoms with Gasteiger partial charge in [0.05, 0.1) is 25.4 Å². The second-order valence-electron chi connectivity index (χ2n) is 6.54. The molecule has 1 aliphatic rings. The molecule has 1 unspecified atom stereocenters. The SMILES string of the molecule is COC(=O)c1sccc1NC(=O)CN1CCc2sccc2C1c1ccccc1. The van der Waals surface area contributed by atoms with Crippen molar-refractivity contribution in [3.8, 4) is 0 Å². The fourth-order valence-electron chi connectivity index (χ4n) is 3.60. The van der Waals surface area contributed by atoms with E-state index in [9.17, 15) is 9.59 Å². The summed E-state index contributed by atoms with van der Waals surface area (Å²) < 4.78 is 4.78. The van der Waals surface area contributed by atoms with Crippen LogP contribution in [0.25, 0.3) is 0 Å². The fourth-order valence-corrected chi connectivity index (χ4v) is 5.27. The van der Waals surface area contributed by atoms with Gasteiger partial charge in [-0.25, -0.2) is 4.79 Å². The Labute approximate surface area is 171 Å². The first-order valence-corrected chi connectivity index (χ1v) is 10.7. The number of hydrogen-bond acceptors (Lipinski definition) is 6. The van der Waals surface area contributed by atoms with Crippen molar-refractivity contribution in [3.05, 3.63) is 74.1 Å². The highest BCUT2D eigenvalue weighted by Gasteiger charge is 2.31. The van der Waals surface area contributed by atoms with Crippen molar-refractivity contribution < 1.29 is 14.3 Å². The highest BCUT2D eigenvalue weighted by Crippen LogP contribution is 2.37. The quantitative estimate of drug-likeness (QED) is 0.639. The van der Waals surface area contributed by atoms with E-state index in [1.165, 1.54) is 34.5 Å². The first kappa shape index (κ1) is 18.9. The Morgan fingerprint density at radius 3 is 2.71 bits per heavy atom. The van der Waals surface area contributed by atoms with Crippen molar-refractivity contribution in [2.45, 2.75) is 12.5 Å². The number of nitrogens with one attached hydrogen (secondary N) is 1. The van der Waals surface area contributed by atoms with Gasteiger partial charge in [-0.05, 0) is 40.4 Å². The van der Waals surface area contributed by atoms with Crippen LogP contribution in [-0.4, -0.2) is 37.0 Å². The van der Waals surface area contributed by atoms with E-state index in [1.54, 1.807) is 22.8 Å². The molecule has 1 atom stereocenters. The topological polar surface area (TPSA) is 58.6 Å². The second-order valence-corrected chi connectivity index (χ2v) is 8.45. The summed E-state index contributed by atoms with van der Waals surface area (Å²) in [5, 5.41) is 6.77. The van der Waals surface area contributed by atoms with Crippen molar-refractivity contribution in [2.75, 3.05) is 25.5 Å². The molecule has 0 aliphatic carbocycles. The van der Waals surface area contributed by atoms with Crippen LogP contribution >= 0.6 is 22.7 Å². The number of anilines is 1. The number of carbonyl (C=O) groups is 2. The summed E-state index contributed by atoms with van der Waals surface area (Å²) in [5.74, 6) is -0.573. The zero-order chi connectivity index (χ0) is 19.5. The first-order chi connectivity index (χ1) is 13.7. The van der Waals surface area contributed by atoms with Crippen LogP contribution in [0.5, 0.6) is 0 Å². The van der Waals surface area contributed by atoms with Gasteiger partial charge < -0.3 is 10.1 Å². The van der Waals surface area contributed by atoms with E-state index < -0.39 is 5.97 Å². The highest BCUT2D eigenvalue weighted by molar-refractivity contribution is 7.12. The van der Waals surface area contributed by atoms with Gasteiger partial charge in [-0.3, -0.25) is 9.69 Å². The number of ether oxygens (including phenoxy) is 1. The molecule has 7 heteroatoms. The van der Waals surface area contributed by atoms with E-state index in [1.807, 2.05) is 18.2 Å². The number of esters is 1. The van der Waals surface area contributed by atoms with Gasteiger partial charge >= 0.3 is 5.97 Å². The maximum Gasteiger partial charge on any atom is 0.350 e. The van der Waals surface area contributed by atoms with E-state index >= 15 is 0 Å². The van der Waals surface area contributed by atoms with E-state index in [-0.39, 0.29) is 18.5 Å². The molecule has 0 saturated heterocycles. The molecule has 4 rings (SSSR count). The molecular weight excluding hydrogens is 392 g/mol. The molecule has 0 fully saturated rings. The number of amides is 1. The van der Waals surface area contributed by atoms with Gasteiger partial charge in [-0.2, -0.15) is 0 Å². The normalized spacial score (nSPS) is 16.4. The maximum absolute atomic E-state index is 12.8. The van der Waals surface area contributed by atoms with Crippen molar-refractivity contribution in [1.29, 1.82) is 0 Å². The lowest BCUT2D eigenvalue weighted by Gasteiger charge is -2.35. The van der Waals surface area contributed by atoms with Crippen LogP contribution in [0.15, 0.2) is 53.2 Å². The average molecular weight is 413 g/mol. The molecular formula is C21H20N2O3S2. The van der Waals surface area contributed by atoms with Gasteiger partial charge in [0.2, 0.25) is 5.91 Å². The number of methoxy groups -OCH3 is 1. The zero-order valence-corrected chi connectivity index (χ0v) is 17.0. The number of fused-ring (bicyclic) bond motifs is 1. The molecule has 1 N–H and O–H groups in total. The summed E-state index contributed by atoms with van der Waals surface area (Å²) in [4.78, 5) is 28.6. The first-order valence-electron chi connectivity index (χ1n) is 8.98. The monoisotopic (exact) mass is 412 g/mol. The van der Waals surface area contributed by atoms with Crippen LogP contribution in [0, 0.1) is 0 Å². The third kappa shape index (κ3) is 3.73. The molecule has 1 aromatic carbocycles. The standard InChI is InChI=1S/C21H20N2O3S2/c1-26-21(25)20-16(9-12-28-20)22-18(24)13-23-10-7-17-15(8-11-27-17)19(23)14-5-3-2-4-6-14/h2-6,8-9,11-12,19H,7,10,13H2,1H3,(H,22,24). The average Bonchev–Trinajstić information content (AvgIpc) is 3.37. The minimum Gasteiger partial charge on any atom is -0.465 e. The van der Waals surface area contributed by atoms with Crippen LogP contribution in [0.4, 0.5) is 5.69 Å². The zero-order valence-electron chi connectivity index (χ0n) is 15.4. The minimum absolute atomic E-state index is 0.0597. The molecule has 0 radical (unpaired) electrons. The molecule has 3 heterocycles. The second kappa shape index (κ2) is 8.26. The van der Waals surface area contributed by atoms with Gasteiger partial charge in [-0.1, -0.05) is 30.3 Å². The lowest BCUT2D eigenvalue weighted by Crippen LogP contribution is -2.40. The van der Waals surface area contributed by atoms with Crippen molar-refractivity contribution in [2.24, 2.45) is 0 Å². The number of nitrogens with zero attached hydrogens (tertiary/aromatic N) is 1. The number of thiophene rings is 2. The molecule has 0 saturated carbocycles. The molecule has 1 amide bonds. The highest BCUT2D eigenvalue weighted by atomic mass is 32.1. The van der Waals surface area contributed by atoms with Crippen LogP contribution in [-0.2, 0) is 16.0 Å². The molecule has 0 spiro atoms. The molecule has 1 aliphatic heterocycles. The Morgan fingerprint density at radius 1 is 1.14 bits per heavy atom. The third-order valence-corrected chi connectivity index (χ3v) is 6.73. The lowest BCUT2D eigenvalue weighted by molar-refractivity contribution is -0.117. The van der Waals surface area contributed by atoms with Gasteiger partial charge in [0, 0.05) is 11.4 Å². The number of carbonyl (C=O) groups excluding carboxylic acids is 2. The predicted octanol–water partition coefficient (Wildman–Crippen LogP) is 4.18. The molecule has 3 aromatic rings. The Balaban J connectivity index is 1.54. The van der Waals surface area contributed by atoms with Gasteiger partial charge in [-0.15, -0.1) is 22.7 Å². The van der Waals surface area contributed by atoms with Crippen molar-refractivity contribution in [1.82, 2.24) is 4.90 Å². The Morgan fingerprint density at radius 2 is 1.93 bits per heavy atom. The van der Waals surface area contributed by atoms with E-state index in [4.69, 9.17) is 4.74 Å². The number of benzene rings is 1. The Bertz CT molecular complexity index is 980.